The molecule has 0 aromatic heterocycles. The molecule has 2 fully saturated rings. The highest BCUT2D eigenvalue weighted by Gasteiger charge is 2.46. The van der Waals surface area contributed by atoms with Crippen LogP contribution >= 0.6 is 0 Å². The maximum atomic E-state index is 13.5. The molecule has 0 unspecified atom stereocenters. The first kappa shape index (κ1) is 26.1. The molecule has 3 aromatic rings. The van der Waals surface area contributed by atoms with Gasteiger partial charge in [-0.3, -0.25) is 9.59 Å². The fourth-order valence-corrected chi connectivity index (χ4v) is 5.74. The number of aliphatic hydroxyl groups excluding tert-OH is 1. The van der Waals surface area contributed by atoms with E-state index in [0.717, 1.165) is 30.8 Å². The zero-order valence-electron chi connectivity index (χ0n) is 22.5. The zero-order valence-corrected chi connectivity index (χ0v) is 22.5. The Balaban J connectivity index is 1.38. The van der Waals surface area contributed by atoms with Gasteiger partial charge in [0.25, 0.3) is 11.7 Å². The van der Waals surface area contributed by atoms with Gasteiger partial charge >= 0.3 is 0 Å². The summed E-state index contributed by atoms with van der Waals surface area (Å²) in [4.78, 5) is 29.9. The molecular weight excluding hydrogens is 508 g/mol. The van der Waals surface area contributed by atoms with E-state index in [4.69, 9.17) is 14.2 Å². The summed E-state index contributed by atoms with van der Waals surface area (Å²) in [5, 5.41) is 11.6. The van der Waals surface area contributed by atoms with Crippen LogP contribution in [0.2, 0.25) is 0 Å². The summed E-state index contributed by atoms with van der Waals surface area (Å²) in [5.41, 5.74) is 2.25. The Bertz CT molecular complexity index is 1450. The lowest BCUT2D eigenvalue weighted by Gasteiger charge is -2.29. The van der Waals surface area contributed by atoms with Gasteiger partial charge in [0.1, 0.15) is 42.2 Å². The molecule has 0 saturated carbocycles. The number of nitrogens with one attached hydrogen (secondary N) is 1. The van der Waals surface area contributed by atoms with Gasteiger partial charge in [-0.2, -0.15) is 0 Å². The van der Waals surface area contributed by atoms with Crippen molar-refractivity contribution in [3.05, 3.63) is 95.1 Å². The molecule has 3 aliphatic heterocycles. The molecule has 6 rings (SSSR count). The molecule has 0 aliphatic carbocycles. The van der Waals surface area contributed by atoms with E-state index < -0.39 is 17.7 Å². The highest BCUT2D eigenvalue weighted by Crippen LogP contribution is 2.41. The third-order valence-corrected chi connectivity index (χ3v) is 7.77. The second kappa shape index (κ2) is 11.2. The Kier molecular flexibility index (Phi) is 7.28. The maximum Gasteiger partial charge on any atom is 0.295 e. The number of para-hydroxylation sites is 1. The molecule has 3 heterocycles. The Morgan fingerprint density at radius 2 is 1.77 bits per heavy atom. The van der Waals surface area contributed by atoms with Crippen LogP contribution in [0.3, 0.4) is 0 Å². The highest BCUT2D eigenvalue weighted by atomic mass is 16.5. The molecule has 40 heavy (non-hydrogen) atoms. The van der Waals surface area contributed by atoms with Crippen LogP contribution in [0, 0.1) is 0 Å². The van der Waals surface area contributed by atoms with Gasteiger partial charge in [0.05, 0.1) is 37.9 Å². The van der Waals surface area contributed by atoms with E-state index >= 15 is 0 Å². The van der Waals surface area contributed by atoms with Crippen molar-refractivity contribution in [2.75, 3.05) is 39.4 Å². The summed E-state index contributed by atoms with van der Waals surface area (Å²) in [7, 11) is 0. The van der Waals surface area contributed by atoms with Crippen molar-refractivity contribution < 1.29 is 33.8 Å². The maximum absolute atomic E-state index is 13.5. The molecule has 2 saturated heterocycles. The van der Waals surface area contributed by atoms with Gasteiger partial charge in [-0.1, -0.05) is 30.3 Å². The minimum atomic E-state index is -0.747. The van der Waals surface area contributed by atoms with Crippen molar-refractivity contribution in [2.45, 2.75) is 25.5 Å². The number of rotatable bonds is 7. The third-order valence-electron chi connectivity index (χ3n) is 7.77. The zero-order chi connectivity index (χ0) is 27.6. The molecule has 2 N–H and O–H groups in total. The fraction of sp³-hybridized carbons (Fsp3) is 0.312. The first-order valence-corrected chi connectivity index (χ1v) is 13.8. The molecular formula is C32H33N2O6+. The number of nitrogens with zero attached hydrogens (tertiary/aromatic N) is 1. The summed E-state index contributed by atoms with van der Waals surface area (Å²) in [6.07, 6.45) is 0.767. The average Bonchev–Trinajstić information content (AvgIpc) is 3.47. The van der Waals surface area contributed by atoms with E-state index in [1.54, 1.807) is 11.0 Å². The van der Waals surface area contributed by atoms with Gasteiger partial charge in [0, 0.05) is 12.0 Å². The van der Waals surface area contributed by atoms with Crippen molar-refractivity contribution >= 4 is 17.4 Å². The van der Waals surface area contributed by atoms with Crippen LogP contribution in [0.25, 0.3) is 5.76 Å². The summed E-state index contributed by atoms with van der Waals surface area (Å²) < 4.78 is 17.4. The first-order valence-electron chi connectivity index (χ1n) is 13.8. The van der Waals surface area contributed by atoms with Crippen LogP contribution in [0.5, 0.6) is 17.2 Å². The van der Waals surface area contributed by atoms with Crippen LogP contribution in [0.4, 0.5) is 0 Å². The Hall–Kier alpha value is -4.14. The van der Waals surface area contributed by atoms with Crippen molar-refractivity contribution in [1.29, 1.82) is 0 Å². The topological polar surface area (TPSA) is 89.7 Å². The average molecular weight is 542 g/mol. The number of morpholine rings is 1. The summed E-state index contributed by atoms with van der Waals surface area (Å²) in [6.45, 7) is 6.11. The molecule has 8 heteroatoms. The molecule has 3 aromatic carbocycles. The minimum absolute atomic E-state index is 0.0491. The van der Waals surface area contributed by atoms with Crippen molar-refractivity contribution in [3.8, 4) is 17.2 Å². The van der Waals surface area contributed by atoms with Gasteiger partial charge in [0.2, 0.25) is 0 Å². The van der Waals surface area contributed by atoms with Crippen molar-refractivity contribution in [2.24, 2.45) is 0 Å². The van der Waals surface area contributed by atoms with Gasteiger partial charge in [-0.25, -0.2) is 0 Å². The molecule has 0 spiro atoms. The number of ether oxygens (including phenoxy) is 3. The Morgan fingerprint density at radius 1 is 1.00 bits per heavy atom. The van der Waals surface area contributed by atoms with Crippen LogP contribution in [0.15, 0.2) is 78.4 Å². The normalized spacial score (nSPS) is 22.3. The van der Waals surface area contributed by atoms with Crippen LogP contribution in [-0.4, -0.2) is 67.2 Å². The van der Waals surface area contributed by atoms with Crippen LogP contribution in [-0.2, 0) is 20.7 Å². The summed E-state index contributed by atoms with van der Waals surface area (Å²) in [5.74, 6) is 0.572. The van der Waals surface area contributed by atoms with Crippen molar-refractivity contribution in [1.82, 2.24) is 4.90 Å². The predicted molar refractivity (Wildman–Crippen MR) is 149 cm³/mol. The van der Waals surface area contributed by atoms with Gasteiger partial charge in [-0.05, 0) is 60.5 Å². The molecule has 1 amide bonds. The molecule has 0 radical (unpaired) electrons. The smallest absolute Gasteiger partial charge is 0.295 e. The van der Waals surface area contributed by atoms with E-state index in [9.17, 15) is 14.7 Å². The number of carbonyl (C=O) groups is 2. The molecule has 8 nitrogen and oxygen atoms in total. The molecule has 3 aliphatic rings. The summed E-state index contributed by atoms with van der Waals surface area (Å²) in [6, 6.07) is 21.5. The van der Waals surface area contributed by atoms with E-state index in [0.29, 0.717) is 48.9 Å². The van der Waals surface area contributed by atoms with E-state index in [1.165, 1.54) is 4.90 Å². The van der Waals surface area contributed by atoms with E-state index in [-0.39, 0.29) is 17.4 Å². The number of fused-ring (bicyclic) bond motifs is 1. The SMILES string of the molecule is C[C@H]1Cc2cc(C(O)=C3C(=O)C(=O)N(CC[NH+]4CCOCC4)[C@H]3c3cccc(Oc4ccccc4)c3)ccc2O1. The lowest BCUT2D eigenvalue weighted by molar-refractivity contribution is -0.907. The lowest BCUT2D eigenvalue weighted by Crippen LogP contribution is -3.14. The Labute approximate surface area is 233 Å². The van der Waals surface area contributed by atoms with Crippen molar-refractivity contribution in [3.63, 3.8) is 0 Å². The quantitative estimate of drug-likeness (QED) is 0.272. The number of hydrogen-bond acceptors (Lipinski definition) is 6. The van der Waals surface area contributed by atoms with E-state index in [2.05, 4.69) is 0 Å². The Morgan fingerprint density at radius 3 is 2.58 bits per heavy atom. The highest BCUT2D eigenvalue weighted by molar-refractivity contribution is 6.46. The number of ketones is 1. The number of quaternary nitrogens is 1. The number of benzene rings is 3. The number of amides is 1. The van der Waals surface area contributed by atoms with Gasteiger partial charge in [-0.15, -0.1) is 0 Å². The second-order valence-corrected chi connectivity index (χ2v) is 10.5. The van der Waals surface area contributed by atoms with Gasteiger partial charge < -0.3 is 29.1 Å². The van der Waals surface area contributed by atoms with Crippen LogP contribution in [0.1, 0.15) is 29.7 Å². The third kappa shape index (κ3) is 5.20. The molecule has 2 atom stereocenters. The van der Waals surface area contributed by atoms with E-state index in [1.807, 2.05) is 73.7 Å². The molecule has 206 valence electrons. The first-order chi connectivity index (χ1) is 19.5. The second-order valence-electron chi connectivity index (χ2n) is 10.5. The number of aliphatic hydroxyl groups is 1. The fourth-order valence-electron chi connectivity index (χ4n) is 5.74. The number of likely N-dealkylation sites (tertiary alicyclic amines) is 1. The number of Topliss-reactive ketones (excluding diaryl/α,β-unsaturated/α-hetero) is 1. The number of carbonyl (C=O) groups excluding carboxylic acids is 2. The molecule has 0 bridgehead atoms. The predicted octanol–water partition coefficient (Wildman–Crippen LogP) is 3.14. The number of hydrogen-bond donors (Lipinski definition) is 2. The largest absolute Gasteiger partial charge is 0.507 e. The monoisotopic (exact) mass is 541 g/mol. The van der Waals surface area contributed by atoms with Gasteiger partial charge in [0.15, 0.2) is 0 Å². The standard InChI is InChI=1S/C32H32N2O6/c1-21-18-24-19-23(10-11-27(24)39-21)30(35)28-29(22-6-5-9-26(20-22)40-25-7-3-2-4-8-25)34(32(37)31(28)36)13-12-33-14-16-38-17-15-33/h2-11,19-21,29,35H,12-18H2,1H3/p+1/t21-,29-/m0/s1. The minimum Gasteiger partial charge on any atom is -0.507 e. The van der Waals surface area contributed by atoms with Crippen LogP contribution < -0.4 is 14.4 Å². The summed E-state index contributed by atoms with van der Waals surface area (Å²) >= 11 is 0. The lowest BCUT2D eigenvalue weighted by atomic mass is 9.94.